The molecule has 0 radical (unpaired) electrons. The molecule has 1 aliphatic heterocycles. The van der Waals surface area contributed by atoms with Crippen molar-refractivity contribution >= 4 is 0 Å². The predicted molar refractivity (Wildman–Crippen MR) is 48.9 cm³/mol. The summed E-state index contributed by atoms with van der Waals surface area (Å²) in [5.74, 6) is 1.25. The lowest BCUT2D eigenvalue weighted by molar-refractivity contribution is -0.192. The van der Waals surface area contributed by atoms with Gasteiger partial charge in [-0.3, -0.25) is 0 Å². The Morgan fingerprint density at radius 3 is 1.58 bits per heavy atom. The fourth-order valence-electron chi connectivity index (χ4n) is 1.90. The molecule has 0 bridgehead atoms. The van der Waals surface area contributed by atoms with Crippen molar-refractivity contribution in [3.63, 3.8) is 0 Å². The second-order valence-corrected chi connectivity index (χ2v) is 4.36. The quantitative estimate of drug-likeness (QED) is 0.636. The number of rotatable bonds is 2. The molecule has 0 amide bonds. The largest absolute Gasteiger partial charge is 0.355 e. The molecule has 2 heteroatoms. The Labute approximate surface area is 75.2 Å². The van der Waals surface area contributed by atoms with Crippen LogP contribution in [0, 0.1) is 17.3 Å². The molecule has 1 rings (SSSR count). The molecular weight excluding hydrogens is 152 g/mol. The van der Waals surface area contributed by atoms with Crippen LogP contribution in [0.3, 0.4) is 0 Å². The molecule has 72 valence electrons. The Balaban J connectivity index is 2.70. The maximum absolute atomic E-state index is 5.39. The highest BCUT2D eigenvalue weighted by molar-refractivity contribution is 4.86. The van der Waals surface area contributed by atoms with Crippen LogP contribution < -0.4 is 0 Å². The van der Waals surface area contributed by atoms with Crippen molar-refractivity contribution < 1.29 is 9.47 Å². The van der Waals surface area contributed by atoms with Gasteiger partial charge in [0.25, 0.3) is 0 Å². The highest BCUT2D eigenvalue weighted by atomic mass is 16.7. The van der Waals surface area contributed by atoms with Crippen LogP contribution in [0.15, 0.2) is 0 Å². The maximum atomic E-state index is 5.39. The van der Waals surface area contributed by atoms with Crippen LogP contribution in [0.4, 0.5) is 0 Å². The van der Waals surface area contributed by atoms with Gasteiger partial charge in [0.15, 0.2) is 0 Å². The van der Waals surface area contributed by atoms with Gasteiger partial charge in [0.05, 0.1) is 13.2 Å². The molecule has 0 aromatic heterocycles. The normalized spacial score (nSPS) is 23.5. The van der Waals surface area contributed by atoms with Crippen LogP contribution >= 0.6 is 0 Å². The summed E-state index contributed by atoms with van der Waals surface area (Å²) in [6, 6.07) is 0. The predicted octanol–water partition coefficient (Wildman–Crippen LogP) is 2.29. The van der Waals surface area contributed by atoms with Gasteiger partial charge in [0, 0.05) is 5.41 Å². The fraction of sp³-hybridized carbons (Fsp3) is 1.00. The van der Waals surface area contributed by atoms with Crippen molar-refractivity contribution in [1.82, 2.24) is 0 Å². The van der Waals surface area contributed by atoms with E-state index in [1.54, 1.807) is 0 Å². The van der Waals surface area contributed by atoms with Gasteiger partial charge in [-0.2, -0.15) is 0 Å². The standard InChI is InChI=1S/C10H20O2/c1-8(2)10(9(3)4)5-11-7-12-6-10/h8-9H,5-7H2,1-4H3. The van der Waals surface area contributed by atoms with Crippen molar-refractivity contribution in [2.24, 2.45) is 17.3 Å². The second-order valence-electron chi connectivity index (χ2n) is 4.36. The zero-order valence-corrected chi connectivity index (χ0v) is 8.59. The zero-order chi connectivity index (χ0) is 9.19. The first kappa shape index (κ1) is 10.0. The van der Waals surface area contributed by atoms with E-state index in [0.717, 1.165) is 13.2 Å². The van der Waals surface area contributed by atoms with E-state index >= 15 is 0 Å². The first-order valence-electron chi connectivity index (χ1n) is 4.75. The second kappa shape index (κ2) is 3.75. The minimum absolute atomic E-state index is 0.234. The molecular formula is C10H20O2. The molecule has 0 atom stereocenters. The van der Waals surface area contributed by atoms with E-state index in [1.165, 1.54) is 0 Å². The lowest BCUT2D eigenvalue weighted by Gasteiger charge is -2.43. The van der Waals surface area contributed by atoms with Crippen molar-refractivity contribution in [3.8, 4) is 0 Å². The van der Waals surface area contributed by atoms with Crippen LogP contribution in [0.2, 0.25) is 0 Å². The van der Waals surface area contributed by atoms with Crippen LogP contribution in [0.1, 0.15) is 27.7 Å². The summed E-state index contributed by atoms with van der Waals surface area (Å²) in [6.07, 6.45) is 0. The van der Waals surface area contributed by atoms with E-state index in [2.05, 4.69) is 27.7 Å². The van der Waals surface area contributed by atoms with Crippen molar-refractivity contribution in [2.45, 2.75) is 27.7 Å². The number of ether oxygens (including phenoxy) is 2. The Kier molecular flexibility index (Phi) is 3.13. The molecule has 0 saturated carbocycles. The maximum Gasteiger partial charge on any atom is 0.146 e. The average Bonchev–Trinajstić information content (AvgIpc) is 2.05. The summed E-state index contributed by atoms with van der Waals surface area (Å²) in [4.78, 5) is 0. The summed E-state index contributed by atoms with van der Waals surface area (Å²) >= 11 is 0. The summed E-state index contributed by atoms with van der Waals surface area (Å²) in [7, 11) is 0. The molecule has 0 unspecified atom stereocenters. The zero-order valence-electron chi connectivity index (χ0n) is 8.59. The molecule has 1 aliphatic rings. The molecule has 0 N–H and O–H groups in total. The van der Waals surface area contributed by atoms with Crippen molar-refractivity contribution in [3.05, 3.63) is 0 Å². The molecule has 0 aliphatic carbocycles. The molecule has 2 nitrogen and oxygen atoms in total. The topological polar surface area (TPSA) is 18.5 Å². The lowest BCUT2D eigenvalue weighted by atomic mass is 9.70. The summed E-state index contributed by atoms with van der Waals surface area (Å²) in [5, 5.41) is 0. The Morgan fingerprint density at radius 1 is 0.917 bits per heavy atom. The highest BCUT2D eigenvalue weighted by Crippen LogP contribution is 2.38. The first-order valence-corrected chi connectivity index (χ1v) is 4.75. The van der Waals surface area contributed by atoms with Gasteiger partial charge in [0.1, 0.15) is 6.79 Å². The smallest absolute Gasteiger partial charge is 0.146 e. The Morgan fingerprint density at radius 2 is 1.33 bits per heavy atom. The molecule has 1 heterocycles. The van der Waals surface area contributed by atoms with Crippen LogP contribution in [0.25, 0.3) is 0 Å². The Hall–Kier alpha value is -0.0800. The average molecular weight is 172 g/mol. The fourth-order valence-corrected chi connectivity index (χ4v) is 1.90. The third kappa shape index (κ3) is 1.64. The van der Waals surface area contributed by atoms with Gasteiger partial charge in [0.2, 0.25) is 0 Å². The van der Waals surface area contributed by atoms with Gasteiger partial charge in [-0.05, 0) is 11.8 Å². The Bertz CT molecular complexity index is 125. The third-order valence-electron chi connectivity index (χ3n) is 3.21. The van der Waals surface area contributed by atoms with E-state index in [4.69, 9.17) is 9.47 Å². The van der Waals surface area contributed by atoms with E-state index in [9.17, 15) is 0 Å². The molecule has 0 aromatic rings. The van der Waals surface area contributed by atoms with Crippen LogP contribution in [-0.4, -0.2) is 20.0 Å². The van der Waals surface area contributed by atoms with Crippen molar-refractivity contribution in [1.29, 1.82) is 0 Å². The third-order valence-corrected chi connectivity index (χ3v) is 3.21. The van der Waals surface area contributed by atoms with Gasteiger partial charge in [-0.25, -0.2) is 0 Å². The molecule has 1 fully saturated rings. The van der Waals surface area contributed by atoms with E-state index in [1.807, 2.05) is 0 Å². The van der Waals surface area contributed by atoms with Crippen LogP contribution in [-0.2, 0) is 9.47 Å². The monoisotopic (exact) mass is 172 g/mol. The summed E-state index contributed by atoms with van der Waals surface area (Å²) < 4.78 is 10.8. The van der Waals surface area contributed by atoms with Crippen LogP contribution in [0.5, 0.6) is 0 Å². The van der Waals surface area contributed by atoms with E-state index in [-0.39, 0.29) is 5.41 Å². The van der Waals surface area contributed by atoms with Crippen molar-refractivity contribution in [2.75, 3.05) is 20.0 Å². The molecule has 0 spiro atoms. The number of hydrogen-bond acceptors (Lipinski definition) is 2. The van der Waals surface area contributed by atoms with Gasteiger partial charge >= 0.3 is 0 Å². The molecule has 0 aromatic carbocycles. The minimum atomic E-state index is 0.234. The number of hydrogen-bond donors (Lipinski definition) is 0. The minimum Gasteiger partial charge on any atom is -0.355 e. The summed E-state index contributed by atoms with van der Waals surface area (Å²) in [5.41, 5.74) is 0.234. The lowest BCUT2D eigenvalue weighted by Crippen LogP contribution is -2.45. The van der Waals surface area contributed by atoms with Gasteiger partial charge < -0.3 is 9.47 Å². The van der Waals surface area contributed by atoms with E-state index in [0.29, 0.717) is 18.6 Å². The van der Waals surface area contributed by atoms with Gasteiger partial charge in [-0.1, -0.05) is 27.7 Å². The summed E-state index contributed by atoms with van der Waals surface area (Å²) in [6.45, 7) is 11.2. The molecule has 1 saturated heterocycles. The highest BCUT2D eigenvalue weighted by Gasteiger charge is 2.39. The van der Waals surface area contributed by atoms with Gasteiger partial charge in [-0.15, -0.1) is 0 Å². The SMILES string of the molecule is CC(C)C1(C(C)C)COCOC1. The molecule has 12 heavy (non-hydrogen) atoms. The van der Waals surface area contributed by atoms with E-state index < -0.39 is 0 Å². The first-order chi connectivity index (χ1) is 5.59.